The van der Waals surface area contributed by atoms with E-state index in [1.165, 1.54) is 6.26 Å². The summed E-state index contributed by atoms with van der Waals surface area (Å²) in [6, 6.07) is 1.76. The van der Waals surface area contributed by atoms with Crippen LogP contribution >= 0.6 is 11.6 Å². The molecular weight excluding hydrogens is 360 g/mol. The van der Waals surface area contributed by atoms with Gasteiger partial charge < -0.3 is 19.0 Å². The van der Waals surface area contributed by atoms with E-state index in [-0.39, 0.29) is 24.2 Å². The van der Waals surface area contributed by atoms with E-state index in [0.717, 1.165) is 17.6 Å². The third kappa shape index (κ3) is 1.86. The largest absolute Gasteiger partial charge is 0.472 e. The number of fused-ring (bicyclic) bond motifs is 1. The van der Waals surface area contributed by atoms with Crippen LogP contribution in [0.25, 0.3) is 0 Å². The first-order valence-corrected chi connectivity index (χ1v) is 9.49. The number of hydrogen-bond donors (Lipinski definition) is 1. The molecule has 1 saturated carbocycles. The molecule has 138 valence electrons. The Morgan fingerprint density at radius 2 is 2.08 bits per heavy atom. The van der Waals surface area contributed by atoms with Gasteiger partial charge in [-0.25, -0.2) is 4.79 Å². The molecule has 2 fully saturated rings. The number of cyclic esters (lactones) is 1. The van der Waals surface area contributed by atoms with Crippen LogP contribution in [-0.4, -0.2) is 34.6 Å². The second kappa shape index (κ2) is 5.36. The van der Waals surface area contributed by atoms with Crippen LogP contribution in [0.5, 0.6) is 0 Å². The number of rotatable bonds is 2. The first-order chi connectivity index (χ1) is 12.5. The Labute approximate surface area is 155 Å². The van der Waals surface area contributed by atoms with E-state index < -0.39 is 29.2 Å². The highest BCUT2D eigenvalue weighted by Gasteiger charge is 2.71. The highest BCUT2D eigenvalue weighted by Crippen LogP contribution is 2.64. The lowest BCUT2D eigenvalue weighted by atomic mass is 9.52. The minimum Gasteiger partial charge on any atom is -0.472 e. The van der Waals surface area contributed by atoms with E-state index in [9.17, 15) is 14.7 Å². The van der Waals surface area contributed by atoms with Crippen molar-refractivity contribution in [2.24, 2.45) is 11.3 Å². The van der Waals surface area contributed by atoms with Gasteiger partial charge in [0, 0.05) is 29.9 Å². The van der Waals surface area contributed by atoms with E-state index in [1.54, 1.807) is 12.3 Å². The van der Waals surface area contributed by atoms with Gasteiger partial charge in [0.1, 0.15) is 17.6 Å². The van der Waals surface area contributed by atoms with Crippen LogP contribution in [0.2, 0.25) is 0 Å². The van der Waals surface area contributed by atoms with Crippen molar-refractivity contribution >= 4 is 23.5 Å². The minimum atomic E-state index is -1.49. The molecule has 1 saturated heterocycles. The summed E-state index contributed by atoms with van der Waals surface area (Å²) in [5.74, 6) is -1.16. The van der Waals surface area contributed by atoms with Gasteiger partial charge in [0.05, 0.1) is 24.0 Å². The topological polar surface area (TPSA) is 86.0 Å². The predicted octanol–water partition coefficient (Wildman–Crippen LogP) is 2.65. The molecule has 4 aliphatic rings. The summed E-state index contributed by atoms with van der Waals surface area (Å²) < 4.78 is 16.3. The van der Waals surface area contributed by atoms with Gasteiger partial charge >= 0.3 is 11.9 Å². The molecule has 5 atom stereocenters. The normalized spacial score (nSPS) is 41.4. The molecule has 26 heavy (non-hydrogen) atoms. The maximum atomic E-state index is 13.2. The minimum absolute atomic E-state index is 0.118. The van der Waals surface area contributed by atoms with E-state index in [4.69, 9.17) is 25.5 Å². The Morgan fingerprint density at radius 1 is 1.23 bits per heavy atom. The van der Waals surface area contributed by atoms with Crippen LogP contribution in [-0.2, 0) is 19.1 Å². The molecule has 0 unspecified atom stereocenters. The Morgan fingerprint density at radius 3 is 2.81 bits per heavy atom. The van der Waals surface area contributed by atoms with Gasteiger partial charge in [-0.15, -0.1) is 11.6 Å². The number of aliphatic hydroxyl groups is 1. The number of esters is 2. The van der Waals surface area contributed by atoms with Crippen molar-refractivity contribution in [3.05, 3.63) is 35.3 Å². The van der Waals surface area contributed by atoms with Gasteiger partial charge in [-0.2, -0.15) is 0 Å². The third-order valence-corrected chi connectivity index (χ3v) is 7.13. The standard InChI is InChI=1S/C19H19ClO6/c20-9-18(23)6-14-15-11(16(21)25-14)2-1-3-12(15)19(18)7-13(26-17(19)22)10-4-5-24-8-10/h4-5,8,12-14,23H,1-3,6-7,9H2/t12-,13-,14+,18+,19+/m0/s1. The predicted molar refractivity (Wildman–Crippen MR) is 89.1 cm³/mol. The fourth-order valence-corrected chi connectivity index (χ4v) is 5.85. The molecule has 2 aliphatic carbocycles. The monoisotopic (exact) mass is 378 g/mol. The first-order valence-electron chi connectivity index (χ1n) is 8.95. The van der Waals surface area contributed by atoms with E-state index in [1.807, 2.05) is 0 Å². The zero-order valence-electron chi connectivity index (χ0n) is 14.1. The summed E-state index contributed by atoms with van der Waals surface area (Å²) in [6.07, 6.45) is 4.69. The smallest absolute Gasteiger partial charge is 0.334 e. The fraction of sp³-hybridized carbons (Fsp3) is 0.579. The van der Waals surface area contributed by atoms with Crippen molar-refractivity contribution < 1.29 is 28.6 Å². The van der Waals surface area contributed by atoms with Crippen LogP contribution < -0.4 is 0 Å². The van der Waals surface area contributed by atoms with Crippen molar-refractivity contribution in [3.8, 4) is 0 Å². The molecule has 0 aromatic carbocycles. The highest BCUT2D eigenvalue weighted by atomic mass is 35.5. The third-order valence-electron chi connectivity index (χ3n) is 6.69. The van der Waals surface area contributed by atoms with Crippen molar-refractivity contribution in [1.82, 2.24) is 0 Å². The lowest BCUT2D eigenvalue weighted by Gasteiger charge is -2.52. The molecule has 7 heteroatoms. The number of halogens is 1. The maximum absolute atomic E-state index is 13.2. The van der Waals surface area contributed by atoms with Gasteiger partial charge in [-0.05, 0) is 30.9 Å². The zero-order chi connectivity index (χ0) is 18.1. The molecule has 0 radical (unpaired) electrons. The average Bonchev–Trinajstić information content (AvgIpc) is 3.34. The number of carbonyl (C=O) groups excluding carboxylic acids is 2. The van der Waals surface area contributed by atoms with E-state index in [0.29, 0.717) is 24.8 Å². The van der Waals surface area contributed by atoms with Gasteiger partial charge in [0.2, 0.25) is 0 Å². The molecule has 0 bridgehead atoms. The number of carbonyl (C=O) groups is 2. The molecular formula is C19H19ClO6. The fourth-order valence-electron chi connectivity index (χ4n) is 5.51. The first kappa shape index (κ1) is 16.4. The number of alkyl halides is 1. The lowest BCUT2D eigenvalue weighted by molar-refractivity contribution is -0.178. The van der Waals surface area contributed by atoms with Gasteiger partial charge in [-0.3, -0.25) is 4.79 Å². The number of ether oxygens (including phenoxy) is 2. The number of furan rings is 1. The molecule has 5 rings (SSSR count). The summed E-state index contributed by atoms with van der Waals surface area (Å²) >= 11 is 6.20. The van der Waals surface area contributed by atoms with Crippen LogP contribution in [0.4, 0.5) is 0 Å². The number of hydrogen-bond acceptors (Lipinski definition) is 6. The van der Waals surface area contributed by atoms with Crippen LogP contribution in [0.3, 0.4) is 0 Å². The molecule has 3 heterocycles. The molecule has 1 aromatic heterocycles. The van der Waals surface area contributed by atoms with Crippen molar-refractivity contribution in [3.63, 3.8) is 0 Å². The molecule has 1 spiro atoms. The highest BCUT2D eigenvalue weighted by molar-refractivity contribution is 6.19. The summed E-state index contributed by atoms with van der Waals surface area (Å²) in [5, 5.41) is 11.5. The van der Waals surface area contributed by atoms with E-state index >= 15 is 0 Å². The molecule has 2 aliphatic heterocycles. The van der Waals surface area contributed by atoms with Crippen LogP contribution in [0, 0.1) is 11.3 Å². The maximum Gasteiger partial charge on any atom is 0.334 e. The zero-order valence-corrected chi connectivity index (χ0v) is 14.8. The van der Waals surface area contributed by atoms with Gasteiger partial charge in [0.15, 0.2) is 0 Å². The van der Waals surface area contributed by atoms with Crippen molar-refractivity contribution in [2.45, 2.75) is 49.9 Å². The summed E-state index contributed by atoms with van der Waals surface area (Å²) in [7, 11) is 0. The quantitative estimate of drug-likeness (QED) is 0.629. The average molecular weight is 379 g/mol. The Kier molecular flexibility index (Phi) is 3.38. The second-order valence-corrected chi connectivity index (χ2v) is 8.04. The van der Waals surface area contributed by atoms with Crippen molar-refractivity contribution in [2.75, 3.05) is 5.88 Å². The van der Waals surface area contributed by atoms with Crippen LogP contribution in [0.15, 0.2) is 34.2 Å². The summed E-state index contributed by atoms with van der Waals surface area (Å²) in [6.45, 7) is 0. The SMILES string of the molecule is O=C1O[C@@H]2C[C@@](O)(CCl)[C@]3(C[C@@H](c4ccoc4)OC3=O)[C@H]3CCCC1=C23. The van der Waals surface area contributed by atoms with Gasteiger partial charge in [-0.1, -0.05) is 0 Å². The molecule has 6 nitrogen and oxygen atoms in total. The molecule has 0 amide bonds. The Balaban J connectivity index is 1.66. The second-order valence-electron chi connectivity index (χ2n) is 7.77. The van der Waals surface area contributed by atoms with Gasteiger partial charge in [0.25, 0.3) is 0 Å². The van der Waals surface area contributed by atoms with E-state index in [2.05, 4.69) is 0 Å². The summed E-state index contributed by atoms with van der Waals surface area (Å²) in [5.41, 5.74) is -0.321. The Hall–Kier alpha value is -1.79. The molecule has 1 N–H and O–H groups in total. The van der Waals surface area contributed by atoms with Crippen molar-refractivity contribution in [1.29, 1.82) is 0 Å². The Bertz CT molecular complexity index is 814. The summed E-state index contributed by atoms with van der Waals surface area (Å²) in [4.78, 5) is 25.4. The van der Waals surface area contributed by atoms with Crippen LogP contribution in [0.1, 0.15) is 43.8 Å². The molecule has 1 aromatic rings. The lowest BCUT2D eigenvalue weighted by Crippen LogP contribution is -2.62.